The standard InChI is InChI=1S/C16H22N2O4/c19-12-2-1-9-22-16(12)5-7-18(8-6-16)15(20)13-14(11-3-4-11)21-10-17-13/h10-12,19H,1-9H2/t12-/m1/s1. The lowest BCUT2D eigenvalue weighted by Crippen LogP contribution is -2.56. The van der Waals surface area contributed by atoms with E-state index >= 15 is 0 Å². The Kier molecular flexibility index (Phi) is 3.46. The van der Waals surface area contributed by atoms with E-state index in [1.165, 1.54) is 6.39 Å². The van der Waals surface area contributed by atoms with Crippen molar-refractivity contribution >= 4 is 5.91 Å². The molecule has 2 saturated heterocycles. The summed E-state index contributed by atoms with van der Waals surface area (Å²) in [5.74, 6) is 1.08. The highest BCUT2D eigenvalue weighted by molar-refractivity contribution is 5.93. The van der Waals surface area contributed by atoms with Crippen LogP contribution >= 0.6 is 0 Å². The molecule has 1 saturated carbocycles. The molecule has 1 atom stereocenters. The molecule has 120 valence electrons. The van der Waals surface area contributed by atoms with Gasteiger partial charge in [0.1, 0.15) is 5.76 Å². The number of amides is 1. The number of carbonyl (C=O) groups is 1. The number of likely N-dealkylation sites (tertiary alicyclic amines) is 1. The Morgan fingerprint density at radius 1 is 1.32 bits per heavy atom. The zero-order chi connectivity index (χ0) is 15.2. The van der Waals surface area contributed by atoms with E-state index in [9.17, 15) is 9.90 Å². The first kappa shape index (κ1) is 14.2. The molecule has 0 radical (unpaired) electrons. The van der Waals surface area contributed by atoms with Crippen LogP contribution in [-0.4, -0.2) is 52.3 Å². The Hall–Kier alpha value is -1.40. The molecule has 3 fully saturated rings. The maximum absolute atomic E-state index is 12.7. The topological polar surface area (TPSA) is 75.8 Å². The van der Waals surface area contributed by atoms with Crippen LogP contribution in [-0.2, 0) is 4.74 Å². The van der Waals surface area contributed by atoms with Crippen LogP contribution in [0.15, 0.2) is 10.8 Å². The van der Waals surface area contributed by atoms with Crippen LogP contribution in [0.2, 0.25) is 0 Å². The van der Waals surface area contributed by atoms with Crippen LogP contribution in [0.3, 0.4) is 0 Å². The van der Waals surface area contributed by atoms with E-state index in [1.807, 2.05) is 4.90 Å². The fourth-order valence-corrected chi connectivity index (χ4v) is 3.68. The molecule has 6 heteroatoms. The van der Waals surface area contributed by atoms with E-state index < -0.39 is 11.7 Å². The number of nitrogens with zero attached hydrogens (tertiary/aromatic N) is 2. The summed E-state index contributed by atoms with van der Waals surface area (Å²) < 4.78 is 11.3. The number of aliphatic hydroxyl groups is 1. The number of carbonyl (C=O) groups excluding carboxylic acids is 1. The molecule has 0 aromatic carbocycles. The van der Waals surface area contributed by atoms with Gasteiger partial charge in [-0.3, -0.25) is 4.79 Å². The van der Waals surface area contributed by atoms with Crippen LogP contribution in [0.1, 0.15) is 60.7 Å². The lowest BCUT2D eigenvalue weighted by Gasteiger charge is -2.46. The van der Waals surface area contributed by atoms with Crippen LogP contribution in [0.25, 0.3) is 0 Å². The van der Waals surface area contributed by atoms with Crippen molar-refractivity contribution in [1.29, 1.82) is 0 Å². The molecule has 1 N–H and O–H groups in total. The number of aliphatic hydroxyl groups excluding tert-OH is 1. The van der Waals surface area contributed by atoms with Crippen LogP contribution in [0, 0.1) is 0 Å². The Balaban J connectivity index is 1.44. The van der Waals surface area contributed by atoms with Gasteiger partial charge in [0.05, 0.1) is 11.7 Å². The molecule has 6 nitrogen and oxygen atoms in total. The van der Waals surface area contributed by atoms with Gasteiger partial charge < -0.3 is 19.2 Å². The predicted molar refractivity (Wildman–Crippen MR) is 77.5 cm³/mol. The molecule has 4 rings (SSSR count). The normalized spacial score (nSPS) is 28.0. The average molecular weight is 306 g/mol. The summed E-state index contributed by atoms with van der Waals surface area (Å²) in [5, 5.41) is 10.3. The maximum atomic E-state index is 12.7. The van der Waals surface area contributed by atoms with Gasteiger partial charge in [-0.05, 0) is 38.5 Å². The number of oxazole rings is 1. The molecular formula is C16H22N2O4. The van der Waals surface area contributed by atoms with Crippen molar-refractivity contribution in [3.63, 3.8) is 0 Å². The summed E-state index contributed by atoms with van der Waals surface area (Å²) in [6.07, 6.45) is 6.22. The number of ether oxygens (including phenoxy) is 1. The molecule has 1 aromatic heterocycles. The number of hydrogen-bond acceptors (Lipinski definition) is 5. The molecule has 1 spiro atoms. The van der Waals surface area contributed by atoms with Crippen molar-refractivity contribution in [2.45, 2.75) is 56.1 Å². The fourth-order valence-electron chi connectivity index (χ4n) is 3.68. The molecule has 3 aliphatic rings. The quantitative estimate of drug-likeness (QED) is 0.900. The summed E-state index contributed by atoms with van der Waals surface area (Å²) >= 11 is 0. The highest BCUT2D eigenvalue weighted by atomic mass is 16.5. The van der Waals surface area contributed by atoms with Crippen LogP contribution < -0.4 is 0 Å². The van der Waals surface area contributed by atoms with Gasteiger partial charge in [0, 0.05) is 25.6 Å². The van der Waals surface area contributed by atoms with E-state index in [4.69, 9.17) is 9.15 Å². The third-order valence-corrected chi connectivity index (χ3v) is 5.26. The minimum Gasteiger partial charge on any atom is -0.447 e. The van der Waals surface area contributed by atoms with Crippen molar-refractivity contribution in [3.05, 3.63) is 17.8 Å². The predicted octanol–water partition coefficient (Wildman–Crippen LogP) is 1.70. The van der Waals surface area contributed by atoms with Crippen molar-refractivity contribution in [2.75, 3.05) is 19.7 Å². The van der Waals surface area contributed by atoms with Crippen LogP contribution in [0.4, 0.5) is 0 Å². The molecule has 0 unspecified atom stereocenters. The first-order valence-corrected chi connectivity index (χ1v) is 8.24. The molecule has 2 aliphatic heterocycles. The van der Waals surface area contributed by atoms with E-state index in [2.05, 4.69) is 4.98 Å². The molecule has 22 heavy (non-hydrogen) atoms. The first-order chi connectivity index (χ1) is 10.7. The first-order valence-electron chi connectivity index (χ1n) is 8.24. The van der Waals surface area contributed by atoms with Gasteiger partial charge in [0.25, 0.3) is 5.91 Å². The lowest BCUT2D eigenvalue weighted by molar-refractivity contribution is -0.174. The summed E-state index contributed by atoms with van der Waals surface area (Å²) in [5.41, 5.74) is 0.0293. The van der Waals surface area contributed by atoms with Crippen molar-refractivity contribution < 1.29 is 19.1 Å². The Bertz CT molecular complexity index is 558. The second-order valence-corrected chi connectivity index (χ2v) is 6.70. The van der Waals surface area contributed by atoms with Crippen LogP contribution in [0.5, 0.6) is 0 Å². The Labute approximate surface area is 129 Å². The number of piperidine rings is 1. The van der Waals surface area contributed by atoms with Crippen molar-refractivity contribution in [2.24, 2.45) is 0 Å². The number of rotatable bonds is 2. The molecule has 3 heterocycles. The monoisotopic (exact) mass is 306 g/mol. The fraction of sp³-hybridized carbons (Fsp3) is 0.750. The number of hydrogen-bond donors (Lipinski definition) is 1. The van der Waals surface area contributed by atoms with E-state index in [1.54, 1.807) is 0 Å². The molecular weight excluding hydrogens is 284 g/mol. The maximum Gasteiger partial charge on any atom is 0.276 e. The van der Waals surface area contributed by atoms with E-state index in [0.717, 1.165) is 31.4 Å². The zero-order valence-electron chi connectivity index (χ0n) is 12.7. The second-order valence-electron chi connectivity index (χ2n) is 6.70. The second kappa shape index (κ2) is 5.35. The van der Waals surface area contributed by atoms with Gasteiger partial charge in [-0.2, -0.15) is 0 Å². The van der Waals surface area contributed by atoms with Gasteiger partial charge in [-0.25, -0.2) is 4.98 Å². The Morgan fingerprint density at radius 3 is 2.77 bits per heavy atom. The lowest BCUT2D eigenvalue weighted by atomic mass is 9.82. The van der Waals surface area contributed by atoms with E-state index in [0.29, 0.717) is 44.1 Å². The zero-order valence-corrected chi connectivity index (χ0v) is 12.7. The molecule has 1 aromatic rings. The molecule has 1 amide bonds. The highest BCUT2D eigenvalue weighted by Crippen LogP contribution is 2.42. The third-order valence-electron chi connectivity index (χ3n) is 5.26. The van der Waals surface area contributed by atoms with E-state index in [-0.39, 0.29) is 5.91 Å². The van der Waals surface area contributed by atoms with Gasteiger partial charge >= 0.3 is 0 Å². The number of aromatic nitrogens is 1. The van der Waals surface area contributed by atoms with Gasteiger partial charge in [-0.15, -0.1) is 0 Å². The minimum absolute atomic E-state index is 0.0456. The molecule has 1 aliphatic carbocycles. The van der Waals surface area contributed by atoms with Crippen molar-refractivity contribution in [1.82, 2.24) is 9.88 Å². The minimum atomic E-state index is -0.446. The van der Waals surface area contributed by atoms with Gasteiger partial charge in [0.2, 0.25) is 0 Å². The summed E-state index contributed by atoms with van der Waals surface area (Å²) in [7, 11) is 0. The summed E-state index contributed by atoms with van der Waals surface area (Å²) in [6.45, 7) is 1.92. The summed E-state index contributed by atoms with van der Waals surface area (Å²) in [6, 6.07) is 0. The average Bonchev–Trinajstić information content (AvgIpc) is 3.27. The molecule has 0 bridgehead atoms. The highest BCUT2D eigenvalue weighted by Gasteiger charge is 2.45. The van der Waals surface area contributed by atoms with Crippen molar-refractivity contribution in [3.8, 4) is 0 Å². The van der Waals surface area contributed by atoms with Gasteiger partial charge in [0.15, 0.2) is 12.1 Å². The third kappa shape index (κ3) is 2.34. The Morgan fingerprint density at radius 2 is 2.09 bits per heavy atom. The SMILES string of the molecule is O=C(c1ncoc1C1CC1)N1CCC2(CC1)OCCC[C@H]2O. The smallest absolute Gasteiger partial charge is 0.276 e. The van der Waals surface area contributed by atoms with Gasteiger partial charge in [-0.1, -0.05) is 0 Å². The summed E-state index contributed by atoms with van der Waals surface area (Å²) in [4.78, 5) is 18.6. The largest absolute Gasteiger partial charge is 0.447 e.